The third kappa shape index (κ3) is 5.39. The monoisotopic (exact) mass is 397 g/mol. The number of carbonyl (C=O) groups excluding carboxylic acids is 2. The highest BCUT2D eigenvalue weighted by Crippen LogP contribution is 2.30. The Balaban J connectivity index is 1.43. The van der Waals surface area contributed by atoms with Gasteiger partial charge in [0.05, 0.1) is 12.1 Å². The first-order valence-electron chi connectivity index (χ1n) is 9.79. The van der Waals surface area contributed by atoms with E-state index in [2.05, 4.69) is 5.32 Å². The molecule has 1 aromatic rings. The van der Waals surface area contributed by atoms with Crippen molar-refractivity contribution in [2.75, 3.05) is 38.0 Å². The summed E-state index contributed by atoms with van der Waals surface area (Å²) >= 11 is 0. The van der Waals surface area contributed by atoms with E-state index in [4.69, 9.17) is 0 Å². The summed E-state index contributed by atoms with van der Waals surface area (Å²) in [5.74, 6) is 0.491. The molecule has 0 bridgehead atoms. The second-order valence-corrected chi connectivity index (χ2v) is 7.55. The average Bonchev–Trinajstić information content (AvgIpc) is 3.19. The summed E-state index contributed by atoms with van der Waals surface area (Å²) in [5, 5.41) is 2.76. The molecule has 1 saturated carbocycles. The predicted octanol–water partition coefficient (Wildman–Crippen LogP) is 3.37. The SMILES string of the molecule is O=C(CNc1cccc(C(F)(F)F)c1)N1CCN(C(=O)CC2CCCC2)CC1. The Morgan fingerprint density at radius 2 is 1.61 bits per heavy atom. The molecule has 0 unspecified atom stereocenters. The van der Waals surface area contributed by atoms with Crippen LogP contribution in [0.15, 0.2) is 24.3 Å². The molecule has 0 spiro atoms. The van der Waals surface area contributed by atoms with Crippen molar-refractivity contribution < 1.29 is 22.8 Å². The number of halogens is 3. The lowest BCUT2D eigenvalue weighted by molar-refractivity contribution is -0.139. The highest BCUT2D eigenvalue weighted by Gasteiger charge is 2.30. The van der Waals surface area contributed by atoms with Gasteiger partial charge in [-0.25, -0.2) is 0 Å². The molecule has 2 amide bonds. The number of nitrogens with one attached hydrogen (secondary N) is 1. The minimum absolute atomic E-state index is 0.0721. The molecule has 1 N–H and O–H groups in total. The molecule has 1 saturated heterocycles. The molecule has 2 fully saturated rings. The van der Waals surface area contributed by atoms with Crippen molar-refractivity contribution in [1.29, 1.82) is 0 Å². The number of rotatable bonds is 5. The lowest BCUT2D eigenvalue weighted by Gasteiger charge is -2.35. The van der Waals surface area contributed by atoms with Crippen LogP contribution in [0.4, 0.5) is 18.9 Å². The number of nitrogens with zero attached hydrogens (tertiary/aromatic N) is 2. The van der Waals surface area contributed by atoms with Gasteiger partial charge in [-0.1, -0.05) is 18.9 Å². The van der Waals surface area contributed by atoms with Gasteiger partial charge in [-0.2, -0.15) is 13.2 Å². The summed E-state index contributed by atoms with van der Waals surface area (Å²) in [7, 11) is 0. The molecule has 1 aliphatic carbocycles. The quantitative estimate of drug-likeness (QED) is 0.829. The van der Waals surface area contributed by atoms with Crippen molar-refractivity contribution in [2.45, 2.75) is 38.3 Å². The zero-order valence-corrected chi connectivity index (χ0v) is 15.8. The van der Waals surface area contributed by atoms with Crippen molar-refractivity contribution in [3.63, 3.8) is 0 Å². The van der Waals surface area contributed by atoms with Crippen LogP contribution < -0.4 is 5.32 Å². The number of hydrogen-bond acceptors (Lipinski definition) is 3. The molecular weight excluding hydrogens is 371 g/mol. The van der Waals surface area contributed by atoms with E-state index in [9.17, 15) is 22.8 Å². The molecule has 8 heteroatoms. The molecule has 0 aromatic heterocycles. The van der Waals surface area contributed by atoms with E-state index in [-0.39, 0.29) is 24.0 Å². The minimum Gasteiger partial charge on any atom is -0.376 e. The van der Waals surface area contributed by atoms with Crippen molar-refractivity contribution >= 4 is 17.5 Å². The van der Waals surface area contributed by atoms with E-state index in [1.54, 1.807) is 4.90 Å². The van der Waals surface area contributed by atoms with Crippen LogP contribution in [0.25, 0.3) is 0 Å². The van der Waals surface area contributed by atoms with Crippen LogP contribution in [0.5, 0.6) is 0 Å². The van der Waals surface area contributed by atoms with Gasteiger partial charge in [0.1, 0.15) is 0 Å². The van der Waals surface area contributed by atoms with E-state index in [0.717, 1.165) is 25.0 Å². The van der Waals surface area contributed by atoms with Crippen molar-refractivity contribution in [3.8, 4) is 0 Å². The zero-order chi connectivity index (χ0) is 20.1. The third-order valence-corrected chi connectivity index (χ3v) is 5.56. The minimum atomic E-state index is -4.41. The Kier molecular flexibility index (Phi) is 6.46. The van der Waals surface area contributed by atoms with Crippen molar-refractivity contribution in [3.05, 3.63) is 29.8 Å². The smallest absolute Gasteiger partial charge is 0.376 e. The molecule has 28 heavy (non-hydrogen) atoms. The third-order valence-electron chi connectivity index (χ3n) is 5.56. The number of piperazine rings is 1. The van der Waals surface area contributed by atoms with E-state index in [0.29, 0.717) is 38.5 Å². The van der Waals surface area contributed by atoms with Crippen LogP contribution in [0, 0.1) is 5.92 Å². The van der Waals surface area contributed by atoms with Crippen LogP contribution in [-0.2, 0) is 15.8 Å². The molecule has 0 atom stereocenters. The Labute approximate surface area is 162 Å². The van der Waals surface area contributed by atoms with Crippen LogP contribution in [0.2, 0.25) is 0 Å². The maximum absolute atomic E-state index is 12.8. The lowest BCUT2D eigenvalue weighted by Crippen LogP contribution is -2.52. The van der Waals surface area contributed by atoms with Crippen molar-refractivity contribution in [1.82, 2.24) is 9.80 Å². The number of hydrogen-bond donors (Lipinski definition) is 1. The van der Waals surface area contributed by atoms with Gasteiger partial charge in [-0.15, -0.1) is 0 Å². The molecule has 0 radical (unpaired) electrons. The Hall–Kier alpha value is -2.25. The second-order valence-electron chi connectivity index (χ2n) is 7.55. The first-order valence-corrected chi connectivity index (χ1v) is 9.79. The van der Waals surface area contributed by atoms with Gasteiger partial charge in [0.25, 0.3) is 0 Å². The van der Waals surface area contributed by atoms with Crippen molar-refractivity contribution in [2.24, 2.45) is 5.92 Å². The fourth-order valence-electron chi connectivity index (χ4n) is 3.89. The van der Waals surface area contributed by atoms with Gasteiger partial charge in [-0.05, 0) is 37.0 Å². The fourth-order valence-corrected chi connectivity index (χ4v) is 3.89. The van der Waals surface area contributed by atoms with E-state index >= 15 is 0 Å². The van der Waals surface area contributed by atoms with Gasteiger partial charge in [0.15, 0.2) is 0 Å². The van der Waals surface area contributed by atoms with Crippen LogP contribution >= 0.6 is 0 Å². The molecule has 5 nitrogen and oxygen atoms in total. The second kappa shape index (κ2) is 8.84. The summed E-state index contributed by atoms with van der Waals surface area (Å²) in [6, 6.07) is 4.80. The van der Waals surface area contributed by atoms with Gasteiger partial charge in [-0.3, -0.25) is 9.59 Å². The van der Waals surface area contributed by atoms with E-state index in [1.165, 1.54) is 25.0 Å². The predicted molar refractivity (Wildman–Crippen MR) is 99.7 cm³/mol. The molecule has 2 aliphatic rings. The largest absolute Gasteiger partial charge is 0.416 e. The molecule has 1 aromatic carbocycles. The number of benzene rings is 1. The van der Waals surface area contributed by atoms with E-state index in [1.807, 2.05) is 4.90 Å². The molecule has 1 heterocycles. The first-order chi connectivity index (χ1) is 13.3. The molecule has 3 rings (SSSR count). The molecule has 154 valence electrons. The zero-order valence-electron chi connectivity index (χ0n) is 15.8. The Bertz CT molecular complexity index is 694. The topological polar surface area (TPSA) is 52.7 Å². The maximum atomic E-state index is 12.8. The number of anilines is 1. The number of alkyl halides is 3. The van der Waals surface area contributed by atoms with Gasteiger partial charge >= 0.3 is 6.18 Å². The number of carbonyl (C=O) groups is 2. The fraction of sp³-hybridized carbons (Fsp3) is 0.600. The van der Waals surface area contributed by atoms with Crippen LogP contribution in [0.3, 0.4) is 0 Å². The summed E-state index contributed by atoms with van der Waals surface area (Å²) < 4.78 is 38.3. The normalized spacial score (nSPS) is 18.4. The Morgan fingerprint density at radius 3 is 2.21 bits per heavy atom. The first kappa shape index (κ1) is 20.5. The highest BCUT2D eigenvalue weighted by atomic mass is 19.4. The average molecular weight is 397 g/mol. The summed E-state index contributed by atoms with van der Waals surface area (Å²) in [4.78, 5) is 28.2. The summed E-state index contributed by atoms with van der Waals surface area (Å²) in [5.41, 5.74) is -0.493. The maximum Gasteiger partial charge on any atom is 0.416 e. The van der Waals surface area contributed by atoms with Crippen LogP contribution in [-0.4, -0.2) is 54.3 Å². The van der Waals surface area contributed by atoms with Gasteiger partial charge in [0, 0.05) is 38.3 Å². The van der Waals surface area contributed by atoms with Gasteiger partial charge in [0.2, 0.25) is 11.8 Å². The molecule has 1 aliphatic heterocycles. The van der Waals surface area contributed by atoms with Crippen LogP contribution in [0.1, 0.15) is 37.7 Å². The molecular formula is C20H26F3N3O2. The highest BCUT2D eigenvalue weighted by molar-refractivity contribution is 5.81. The lowest BCUT2D eigenvalue weighted by atomic mass is 10.0. The standard InChI is InChI=1S/C20H26F3N3O2/c21-20(22,23)16-6-3-7-17(13-16)24-14-19(28)26-10-8-25(9-11-26)18(27)12-15-4-1-2-5-15/h3,6-7,13,15,24H,1-2,4-5,8-12,14H2. The van der Waals surface area contributed by atoms with E-state index < -0.39 is 11.7 Å². The number of amides is 2. The Morgan fingerprint density at radius 1 is 1.00 bits per heavy atom. The van der Waals surface area contributed by atoms with Gasteiger partial charge < -0.3 is 15.1 Å². The summed E-state index contributed by atoms with van der Waals surface area (Å²) in [6.07, 6.45) is 0.864. The summed E-state index contributed by atoms with van der Waals surface area (Å²) in [6.45, 7) is 1.87.